The van der Waals surface area contributed by atoms with E-state index in [4.69, 9.17) is 4.42 Å². The first-order valence-electron chi connectivity index (χ1n) is 6.59. The van der Waals surface area contributed by atoms with Crippen LogP contribution in [0.25, 0.3) is 0 Å². The molecule has 0 radical (unpaired) electrons. The minimum Gasteiger partial charge on any atom is -0.507 e. The Labute approximate surface area is 134 Å². The van der Waals surface area contributed by atoms with E-state index in [-0.39, 0.29) is 23.6 Å². The summed E-state index contributed by atoms with van der Waals surface area (Å²) in [5, 5.41) is 25.8. The van der Waals surface area contributed by atoms with Crippen LogP contribution in [-0.2, 0) is 4.79 Å². The third-order valence-electron chi connectivity index (χ3n) is 2.73. The van der Waals surface area contributed by atoms with Crippen molar-refractivity contribution in [1.82, 2.24) is 10.7 Å². The van der Waals surface area contributed by atoms with Gasteiger partial charge >= 0.3 is 5.88 Å². The first kappa shape index (κ1) is 16.7. The average Bonchev–Trinajstić information content (AvgIpc) is 3.02. The van der Waals surface area contributed by atoms with E-state index >= 15 is 0 Å². The number of aromatic hydroxyl groups is 1. The fraction of sp³-hybridized carbons (Fsp3) is 0.0714. The van der Waals surface area contributed by atoms with Gasteiger partial charge in [0.1, 0.15) is 10.7 Å². The molecule has 0 aliphatic rings. The van der Waals surface area contributed by atoms with Gasteiger partial charge in [0.25, 0.3) is 11.8 Å². The second-order valence-electron chi connectivity index (χ2n) is 4.43. The van der Waals surface area contributed by atoms with E-state index in [0.717, 1.165) is 12.3 Å². The number of nitro groups is 1. The Bertz CT molecular complexity index is 798. The first-order chi connectivity index (χ1) is 11.5. The number of phenolic OH excluding ortho intramolecular Hbond substituents is 1. The predicted octanol–water partition coefficient (Wildman–Crippen LogP) is 0.773. The third-order valence-corrected chi connectivity index (χ3v) is 2.73. The minimum atomic E-state index is -0.704. The summed E-state index contributed by atoms with van der Waals surface area (Å²) >= 11 is 0. The molecule has 2 rings (SSSR count). The molecule has 0 unspecified atom stereocenters. The summed E-state index contributed by atoms with van der Waals surface area (Å²) in [6, 6.07) is 8.35. The topological polar surface area (TPSA) is 147 Å². The van der Waals surface area contributed by atoms with Crippen LogP contribution in [0.1, 0.15) is 16.1 Å². The maximum absolute atomic E-state index is 11.8. The minimum absolute atomic E-state index is 0.0386. The van der Waals surface area contributed by atoms with E-state index in [9.17, 15) is 24.8 Å². The summed E-state index contributed by atoms with van der Waals surface area (Å²) in [4.78, 5) is 33.0. The van der Waals surface area contributed by atoms with E-state index in [0.29, 0.717) is 0 Å². The Morgan fingerprint density at radius 2 is 2.04 bits per heavy atom. The van der Waals surface area contributed by atoms with Crippen molar-refractivity contribution >= 4 is 23.9 Å². The zero-order chi connectivity index (χ0) is 17.5. The molecule has 0 aliphatic carbocycles. The average molecular weight is 332 g/mol. The Hall–Kier alpha value is -3.69. The first-order valence-corrected chi connectivity index (χ1v) is 6.59. The fourth-order valence-electron chi connectivity index (χ4n) is 1.64. The molecule has 24 heavy (non-hydrogen) atoms. The number of hydrogen-bond donors (Lipinski definition) is 3. The lowest BCUT2D eigenvalue weighted by Crippen LogP contribution is -2.34. The highest BCUT2D eigenvalue weighted by molar-refractivity contribution is 5.98. The van der Waals surface area contributed by atoms with Gasteiger partial charge < -0.3 is 14.8 Å². The molecule has 0 fully saturated rings. The molecular weight excluding hydrogens is 320 g/mol. The van der Waals surface area contributed by atoms with Crippen molar-refractivity contribution in [3.05, 3.63) is 57.8 Å². The Morgan fingerprint density at radius 3 is 2.71 bits per heavy atom. The summed E-state index contributed by atoms with van der Waals surface area (Å²) in [5.41, 5.74) is 2.15. The predicted molar refractivity (Wildman–Crippen MR) is 81.5 cm³/mol. The molecule has 2 aromatic rings. The van der Waals surface area contributed by atoms with Crippen molar-refractivity contribution in [3.8, 4) is 5.75 Å². The van der Waals surface area contributed by atoms with Gasteiger partial charge in [0.2, 0.25) is 0 Å². The maximum atomic E-state index is 11.8. The Balaban J connectivity index is 1.81. The number of phenols is 1. The molecule has 3 N–H and O–H groups in total. The summed E-state index contributed by atoms with van der Waals surface area (Å²) in [6.07, 6.45) is 1.08. The van der Waals surface area contributed by atoms with Crippen molar-refractivity contribution in [1.29, 1.82) is 0 Å². The van der Waals surface area contributed by atoms with Crippen LogP contribution in [-0.4, -0.2) is 34.6 Å². The van der Waals surface area contributed by atoms with Gasteiger partial charge in [-0.2, -0.15) is 5.10 Å². The number of rotatable bonds is 6. The van der Waals surface area contributed by atoms with Crippen molar-refractivity contribution < 1.29 is 24.0 Å². The van der Waals surface area contributed by atoms with Crippen LogP contribution >= 0.6 is 0 Å². The van der Waals surface area contributed by atoms with Crippen LogP contribution in [0, 0.1) is 10.1 Å². The molecule has 2 amide bonds. The van der Waals surface area contributed by atoms with Gasteiger partial charge in [0.15, 0.2) is 5.76 Å². The zero-order valence-corrected chi connectivity index (χ0v) is 12.1. The smallest absolute Gasteiger partial charge is 0.433 e. The lowest BCUT2D eigenvalue weighted by atomic mass is 10.2. The van der Waals surface area contributed by atoms with Crippen LogP contribution in [0.5, 0.6) is 5.75 Å². The van der Waals surface area contributed by atoms with E-state index in [1.807, 2.05) is 0 Å². The summed E-state index contributed by atoms with van der Waals surface area (Å²) < 4.78 is 4.80. The highest BCUT2D eigenvalue weighted by Gasteiger charge is 2.12. The van der Waals surface area contributed by atoms with E-state index < -0.39 is 22.6 Å². The highest BCUT2D eigenvalue weighted by Crippen LogP contribution is 2.15. The van der Waals surface area contributed by atoms with Gasteiger partial charge in [0.05, 0.1) is 24.4 Å². The summed E-state index contributed by atoms with van der Waals surface area (Å²) in [5.74, 6) is -1.81. The van der Waals surface area contributed by atoms with E-state index in [1.54, 1.807) is 12.1 Å². The molecular formula is C14H12N4O6. The van der Waals surface area contributed by atoms with Gasteiger partial charge in [-0.25, -0.2) is 5.43 Å². The monoisotopic (exact) mass is 332 g/mol. The quantitative estimate of drug-likeness (QED) is 0.404. The molecule has 10 heteroatoms. The number of hydrogen-bond acceptors (Lipinski definition) is 7. The number of para-hydroxylation sites is 1. The molecule has 0 saturated carbocycles. The highest BCUT2D eigenvalue weighted by atomic mass is 16.6. The number of carbonyl (C=O) groups excluding carboxylic acids is 2. The van der Waals surface area contributed by atoms with Gasteiger partial charge in [-0.05, 0) is 18.2 Å². The molecule has 0 saturated heterocycles. The summed E-state index contributed by atoms with van der Waals surface area (Å²) in [6.45, 7) is -0.372. The number of amides is 2. The van der Waals surface area contributed by atoms with Crippen LogP contribution in [0.3, 0.4) is 0 Å². The molecule has 0 spiro atoms. The van der Waals surface area contributed by atoms with Crippen LogP contribution < -0.4 is 10.7 Å². The molecule has 1 aromatic heterocycles. The summed E-state index contributed by atoms with van der Waals surface area (Å²) in [7, 11) is 0. The molecule has 1 aromatic carbocycles. The largest absolute Gasteiger partial charge is 0.507 e. The Morgan fingerprint density at radius 1 is 1.29 bits per heavy atom. The third kappa shape index (κ3) is 4.40. The van der Waals surface area contributed by atoms with E-state index in [1.165, 1.54) is 18.2 Å². The van der Waals surface area contributed by atoms with Gasteiger partial charge in [-0.3, -0.25) is 19.7 Å². The van der Waals surface area contributed by atoms with Gasteiger partial charge in [0, 0.05) is 0 Å². The van der Waals surface area contributed by atoms with Crippen molar-refractivity contribution in [2.45, 2.75) is 0 Å². The normalized spacial score (nSPS) is 10.5. The molecule has 0 bridgehead atoms. The van der Waals surface area contributed by atoms with Crippen LogP contribution in [0.2, 0.25) is 0 Å². The number of hydrazone groups is 1. The van der Waals surface area contributed by atoms with E-state index in [2.05, 4.69) is 15.8 Å². The lowest BCUT2D eigenvalue weighted by Gasteiger charge is -2.05. The SMILES string of the molecule is O=C(CNC(=O)c1ccccc1O)N/N=C\c1ccc([N+](=O)[O-])o1. The number of nitrogens with one attached hydrogen (secondary N) is 2. The maximum Gasteiger partial charge on any atom is 0.433 e. The van der Waals surface area contributed by atoms with Crippen LogP contribution in [0.4, 0.5) is 5.88 Å². The lowest BCUT2D eigenvalue weighted by molar-refractivity contribution is -0.402. The molecule has 0 aliphatic heterocycles. The Kier molecular flexibility index (Phi) is 5.24. The van der Waals surface area contributed by atoms with Crippen molar-refractivity contribution in [2.24, 2.45) is 5.10 Å². The molecule has 10 nitrogen and oxygen atoms in total. The zero-order valence-electron chi connectivity index (χ0n) is 12.1. The number of nitrogens with zero attached hydrogens (tertiary/aromatic N) is 2. The van der Waals surface area contributed by atoms with Gasteiger partial charge in [-0.1, -0.05) is 12.1 Å². The number of carbonyl (C=O) groups is 2. The fourth-order valence-corrected chi connectivity index (χ4v) is 1.64. The molecule has 124 valence electrons. The van der Waals surface area contributed by atoms with Crippen molar-refractivity contribution in [2.75, 3.05) is 6.54 Å². The second kappa shape index (κ2) is 7.54. The van der Waals surface area contributed by atoms with Crippen LogP contribution in [0.15, 0.2) is 45.9 Å². The number of furan rings is 1. The standard InChI is InChI=1S/C14H12N4O6/c19-11-4-2-1-3-10(11)14(21)15-8-12(20)17-16-7-9-5-6-13(24-9)18(22)23/h1-7,19H,8H2,(H,15,21)(H,17,20)/b16-7-. The molecule has 1 heterocycles. The van der Waals surface area contributed by atoms with Crippen molar-refractivity contribution in [3.63, 3.8) is 0 Å². The number of benzene rings is 1. The van der Waals surface area contributed by atoms with Gasteiger partial charge in [-0.15, -0.1) is 0 Å². The molecule has 0 atom stereocenters. The second-order valence-corrected chi connectivity index (χ2v) is 4.43.